The van der Waals surface area contributed by atoms with Crippen LogP contribution in [0.15, 0.2) is 48.5 Å². The highest BCUT2D eigenvalue weighted by atomic mass is 16.2. The number of carbonyl (C=O) groups excluding carboxylic acids is 2. The highest BCUT2D eigenvalue weighted by molar-refractivity contribution is 6.05. The molecule has 30 heavy (non-hydrogen) atoms. The van der Waals surface area contributed by atoms with E-state index in [9.17, 15) is 9.59 Å². The molecule has 1 saturated carbocycles. The summed E-state index contributed by atoms with van der Waals surface area (Å²) < 4.78 is 0. The van der Waals surface area contributed by atoms with Gasteiger partial charge in [0, 0.05) is 17.9 Å². The molecule has 0 radical (unpaired) electrons. The summed E-state index contributed by atoms with van der Waals surface area (Å²) in [7, 11) is 0. The number of hydrogen-bond acceptors (Lipinski definition) is 2. The second-order valence-electron chi connectivity index (χ2n) is 8.41. The summed E-state index contributed by atoms with van der Waals surface area (Å²) in [5, 5.41) is 0. The van der Waals surface area contributed by atoms with Gasteiger partial charge >= 0.3 is 0 Å². The first kappa shape index (κ1) is 22.3. The van der Waals surface area contributed by atoms with Crippen LogP contribution in [0.2, 0.25) is 0 Å². The fourth-order valence-corrected chi connectivity index (χ4v) is 4.75. The summed E-state index contributed by atoms with van der Waals surface area (Å²) in [4.78, 5) is 25.4. The van der Waals surface area contributed by atoms with Crippen molar-refractivity contribution >= 4 is 11.8 Å². The maximum Gasteiger partial charge on any atom is 0.233 e. The first-order chi connectivity index (χ1) is 14.6. The molecule has 1 saturated heterocycles. The molecule has 2 amide bonds. The molecule has 160 valence electrons. The molecule has 3 aliphatic rings. The van der Waals surface area contributed by atoms with Crippen molar-refractivity contribution in [2.75, 3.05) is 0 Å². The molecule has 0 aromatic heterocycles. The molecule has 2 aliphatic carbocycles. The zero-order valence-electron chi connectivity index (χ0n) is 18.9. The molecule has 1 aliphatic heterocycles. The summed E-state index contributed by atoms with van der Waals surface area (Å²) in [5.41, 5.74) is 5.75. The van der Waals surface area contributed by atoms with Gasteiger partial charge in [-0.15, -0.1) is 0 Å². The fraction of sp³-hybridized carbons (Fsp3) is 0.481. The van der Waals surface area contributed by atoms with Gasteiger partial charge in [-0.1, -0.05) is 95.5 Å². The Hall–Kier alpha value is -2.42. The van der Waals surface area contributed by atoms with Crippen molar-refractivity contribution in [1.29, 1.82) is 0 Å². The normalized spacial score (nSPS) is 22.5. The van der Waals surface area contributed by atoms with E-state index in [-0.39, 0.29) is 29.7 Å². The number of imide groups is 1. The lowest BCUT2D eigenvalue weighted by Gasteiger charge is -2.29. The van der Waals surface area contributed by atoms with Gasteiger partial charge in [-0.05, 0) is 41.5 Å². The van der Waals surface area contributed by atoms with Crippen LogP contribution in [-0.2, 0) is 16.0 Å². The molecule has 5 rings (SSSR count). The highest BCUT2D eigenvalue weighted by Gasteiger charge is 2.45. The van der Waals surface area contributed by atoms with Gasteiger partial charge in [-0.3, -0.25) is 14.5 Å². The average Bonchev–Trinajstić information content (AvgIpc) is 3.27. The second-order valence-corrected chi connectivity index (χ2v) is 8.41. The number of benzene rings is 2. The van der Waals surface area contributed by atoms with Gasteiger partial charge in [0.05, 0.1) is 0 Å². The third-order valence-corrected chi connectivity index (χ3v) is 6.65. The fourth-order valence-electron chi connectivity index (χ4n) is 4.75. The van der Waals surface area contributed by atoms with Gasteiger partial charge in [0.1, 0.15) is 0 Å². The third kappa shape index (κ3) is 4.35. The number of nitrogens with zero attached hydrogens (tertiary/aromatic N) is 1. The minimum Gasteiger partial charge on any atom is -0.279 e. The lowest BCUT2D eigenvalue weighted by atomic mass is 9.94. The van der Waals surface area contributed by atoms with E-state index in [1.807, 2.05) is 27.7 Å². The molecule has 0 N–H and O–H groups in total. The SMILES string of the molecule is CC.CC1C(=O)N(C2CCCCC2)C(=O)C1C.c1ccc2c(c1)Cc1ccccc1-2. The van der Waals surface area contributed by atoms with E-state index in [1.165, 1.54) is 28.7 Å². The molecule has 2 fully saturated rings. The molecule has 0 spiro atoms. The first-order valence-corrected chi connectivity index (χ1v) is 11.6. The van der Waals surface area contributed by atoms with Crippen molar-refractivity contribution in [3.05, 3.63) is 59.7 Å². The maximum absolute atomic E-state index is 11.9. The van der Waals surface area contributed by atoms with Crippen LogP contribution in [0.4, 0.5) is 0 Å². The van der Waals surface area contributed by atoms with Crippen LogP contribution in [0, 0.1) is 11.8 Å². The molecular formula is C27H35NO2. The van der Waals surface area contributed by atoms with E-state index in [1.54, 1.807) is 4.90 Å². The Morgan fingerprint density at radius 2 is 1.13 bits per heavy atom. The average molecular weight is 406 g/mol. The van der Waals surface area contributed by atoms with E-state index < -0.39 is 0 Å². The standard InChI is InChI=1S/C13H10.C12H19NO2.C2H6/c1-3-7-12-10(5-1)9-11-6-2-4-8-13(11)12;1-8-9(2)12(15)13(11(8)14)10-6-4-3-5-7-10;1-2/h1-8H,9H2;8-10H,3-7H2,1-2H3;1-2H3. The van der Waals surface area contributed by atoms with Crippen molar-refractivity contribution in [2.45, 2.75) is 72.3 Å². The summed E-state index contributed by atoms with van der Waals surface area (Å²) in [5.74, 6) is -0.113. The second kappa shape index (κ2) is 10.1. The Labute approximate surface area is 181 Å². The first-order valence-electron chi connectivity index (χ1n) is 11.6. The number of carbonyl (C=O) groups is 2. The van der Waals surface area contributed by atoms with Crippen LogP contribution in [0.1, 0.15) is 70.9 Å². The number of fused-ring (bicyclic) bond motifs is 3. The van der Waals surface area contributed by atoms with Gasteiger partial charge in [-0.2, -0.15) is 0 Å². The van der Waals surface area contributed by atoms with E-state index >= 15 is 0 Å². The van der Waals surface area contributed by atoms with Gasteiger partial charge in [-0.25, -0.2) is 0 Å². The number of likely N-dealkylation sites (tertiary alicyclic amines) is 1. The smallest absolute Gasteiger partial charge is 0.233 e. The van der Waals surface area contributed by atoms with Crippen LogP contribution in [0.5, 0.6) is 0 Å². The van der Waals surface area contributed by atoms with Crippen molar-refractivity contribution in [3.63, 3.8) is 0 Å². The lowest BCUT2D eigenvalue weighted by molar-refractivity contribution is -0.143. The van der Waals surface area contributed by atoms with Gasteiger partial charge in [0.2, 0.25) is 11.8 Å². The zero-order valence-corrected chi connectivity index (χ0v) is 18.9. The number of rotatable bonds is 1. The van der Waals surface area contributed by atoms with Crippen LogP contribution in [0.25, 0.3) is 11.1 Å². The predicted molar refractivity (Wildman–Crippen MR) is 123 cm³/mol. The summed E-state index contributed by atoms with van der Waals surface area (Å²) in [6, 6.07) is 17.5. The Bertz CT molecular complexity index is 818. The van der Waals surface area contributed by atoms with E-state index in [2.05, 4.69) is 48.5 Å². The maximum atomic E-state index is 11.9. The zero-order chi connectivity index (χ0) is 21.7. The largest absolute Gasteiger partial charge is 0.279 e. The summed E-state index contributed by atoms with van der Waals surface area (Å²) >= 11 is 0. The van der Waals surface area contributed by atoms with E-state index in [4.69, 9.17) is 0 Å². The molecule has 2 atom stereocenters. The monoisotopic (exact) mass is 405 g/mol. The van der Waals surface area contributed by atoms with Crippen LogP contribution >= 0.6 is 0 Å². The molecule has 0 bridgehead atoms. The predicted octanol–water partition coefficient (Wildman–Crippen LogP) is 6.24. The van der Waals surface area contributed by atoms with Crippen molar-refractivity contribution in [2.24, 2.45) is 11.8 Å². The molecule has 2 unspecified atom stereocenters. The topological polar surface area (TPSA) is 37.4 Å². The third-order valence-electron chi connectivity index (χ3n) is 6.65. The highest BCUT2D eigenvalue weighted by Crippen LogP contribution is 2.35. The van der Waals surface area contributed by atoms with Crippen molar-refractivity contribution < 1.29 is 9.59 Å². The van der Waals surface area contributed by atoms with Crippen LogP contribution in [-0.4, -0.2) is 22.8 Å². The molecule has 2 aromatic rings. The number of amides is 2. The quantitative estimate of drug-likeness (QED) is 0.449. The van der Waals surface area contributed by atoms with Crippen LogP contribution < -0.4 is 0 Å². The van der Waals surface area contributed by atoms with E-state index in [0.717, 1.165) is 32.1 Å². The minimum atomic E-state index is -0.112. The lowest BCUT2D eigenvalue weighted by Crippen LogP contribution is -2.41. The number of hydrogen-bond donors (Lipinski definition) is 0. The Balaban J connectivity index is 0.000000159. The molecule has 2 aromatic carbocycles. The van der Waals surface area contributed by atoms with Gasteiger partial charge in [0.15, 0.2) is 0 Å². The summed E-state index contributed by atoms with van der Waals surface area (Å²) in [6.07, 6.45) is 6.69. The molecule has 3 nitrogen and oxygen atoms in total. The molecule has 1 heterocycles. The Morgan fingerprint density at radius 3 is 1.60 bits per heavy atom. The Morgan fingerprint density at radius 1 is 0.700 bits per heavy atom. The van der Waals surface area contributed by atoms with Crippen LogP contribution in [0.3, 0.4) is 0 Å². The molecule has 3 heteroatoms. The van der Waals surface area contributed by atoms with Crippen molar-refractivity contribution in [3.8, 4) is 11.1 Å². The van der Waals surface area contributed by atoms with E-state index in [0.29, 0.717) is 0 Å². The van der Waals surface area contributed by atoms with Gasteiger partial charge in [0.25, 0.3) is 0 Å². The van der Waals surface area contributed by atoms with Crippen molar-refractivity contribution in [1.82, 2.24) is 4.90 Å². The minimum absolute atomic E-state index is 0.0550. The molecular weight excluding hydrogens is 370 g/mol. The van der Waals surface area contributed by atoms with Gasteiger partial charge < -0.3 is 0 Å². The summed E-state index contributed by atoms with van der Waals surface area (Å²) in [6.45, 7) is 7.74. The Kier molecular flexibility index (Phi) is 7.47.